The van der Waals surface area contributed by atoms with Crippen molar-refractivity contribution < 1.29 is 14.7 Å². The Morgan fingerprint density at radius 1 is 1.00 bits per heavy atom. The second-order valence-electron chi connectivity index (χ2n) is 8.36. The number of rotatable bonds is 10. The molecule has 172 valence electrons. The molecule has 1 saturated heterocycles. The van der Waals surface area contributed by atoms with Crippen LogP contribution < -0.4 is 15.5 Å². The van der Waals surface area contributed by atoms with Crippen molar-refractivity contribution in [3.05, 3.63) is 83.4 Å². The summed E-state index contributed by atoms with van der Waals surface area (Å²) in [6.07, 6.45) is 4.69. The van der Waals surface area contributed by atoms with Crippen molar-refractivity contribution in [3.8, 4) is 5.75 Å². The molecule has 0 atom stereocenters. The molecule has 1 aliphatic heterocycles. The molecule has 1 aliphatic rings. The number of hydrogen-bond donors (Lipinski definition) is 3. The monoisotopic (exact) mass is 445 g/mol. The first kappa shape index (κ1) is 23.0. The zero-order valence-electron chi connectivity index (χ0n) is 18.8. The second kappa shape index (κ2) is 11.6. The van der Waals surface area contributed by atoms with Gasteiger partial charge in [-0.2, -0.15) is 0 Å². The van der Waals surface area contributed by atoms with E-state index < -0.39 is 5.91 Å². The lowest BCUT2D eigenvalue weighted by Gasteiger charge is -2.16. The van der Waals surface area contributed by atoms with Crippen LogP contribution >= 0.6 is 0 Å². The van der Waals surface area contributed by atoms with Gasteiger partial charge in [0.05, 0.1) is 0 Å². The van der Waals surface area contributed by atoms with Gasteiger partial charge in [-0.05, 0) is 60.7 Å². The van der Waals surface area contributed by atoms with Crippen LogP contribution in [0.3, 0.4) is 0 Å². The van der Waals surface area contributed by atoms with E-state index in [1.807, 2.05) is 36.4 Å². The topological polar surface area (TPSA) is 73.8 Å². The van der Waals surface area contributed by atoms with Gasteiger partial charge in [0.1, 0.15) is 12.4 Å². The summed E-state index contributed by atoms with van der Waals surface area (Å²) in [6.45, 7) is 5.56. The van der Waals surface area contributed by atoms with Gasteiger partial charge in [-0.1, -0.05) is 54.6 Å². The molecule has 1 amide bonds. The van der Waals surface area contributed by atoms with Gasteiger partial charge in [0.25, 0.3) is 5.91 Å². The minimum atomic E-state index is -0.520. The molecule has 0 radical (unpaired) electrons. The quantitative estimate of drug-likeness (QED) is 0.249. The van der Waals surface area contributed by atoms with Crippen LogP contribution in [-0.4, -0.2) is 55.3 Å². The molecule has 6 nitrogen and oxygen atoms in total. The average molecular weight is 446 g/mol. The Morgan fingerprint density at radius 2 is 1.76 bits per heavy atom. The van der Waals surface area contributed by atoms with Crippen LogP contribution in [0.4, 0.5) is 0 Å². The SMILES string of the molecule is O=C(NO)c1ccc(/C=C(/CNCCN2CCCC2)COc2cccc3ccccc23)cc1. The van der Waals surface area contributed by atoms with Crippen molar-refractivity contribution in [1.29, 1.82) is 0 Å². The molecule has 6 heteroatoms. The lowest BCUT2D eigenvalue weighted by Crippen LogP contribution is -2.31. The zero-order valence-corrected chi connectivity index (χ0v) is 18.8. The third kappa shape index (κ3) is 6.42. The fourth-order valence-corrected chi connectivity index (χ4v) is 4.16. The maximum Gasteiger partial charge on any atom is 0.274 e. The van der Waals surface area contributed by atoms with Crippen LogP contribution in [0.5, 0.6) is 5.75 Å². The molecule has 4 rings (SSSR count). The molecule has 3 aromatic rings. The number of hydrogen-bond acceptors (Lipinski definition) is 5. The van der Waals surface area contributed by atoms with E-state index in [0.717, 1.165) is 47.3 Å². The first-order chi connectivity index (χ1) is 16.2. The summed E-state index contributed by atoms with van der Waals surface area (Å²) >= 11 is 0. The van der Waals surface area contributed by atoms with Gasteiger partial charge < -0.3 is 15.0 Å². The van der Waals surface area contributed by atoms with Crippen LogP contribution in [0, 0.1) is 0 Å². The average Bonchev–Trinajstić information content (AvgIpc) is 3.38. The molecule has 1 fully saturated rings. The van der Waals surface area contributed by atoms with Gasteiger partial charge in [-0.25, -0.2) is 5.48 Å². The Labute approximate surface area is 194 Å². The van der Waals surface area contributed by atoms with E-state index in [-0.39, 0.29) is 0 Å². The number of carbonyl (C=O) groups excluding carboxylic acids is 1. The number of nitrogens with zero attached hydrogens (tertiary/aromatic N) is 1. The van der Waals surface area contributed by atoms with E-state index in [0.29, 0.717) is 12.2 Å². The molecule has 1 heterocycles. The number of fused-ring (bicyclic) bond motifs is 1. The summed E-state index contributed by atoms with van der Waals surface area (Å²) in [7, 11) is 0. The third-order valence-electron chi connectivity index (χ3n) is 5.96. The zero-order chi connectivity index (χ0) is 22.9. The molecular weight excluding hydrogens is 414 g/mol. The van der Waals surface area contributed by atoms with Gasteiger partial charge in [0, 0.05) is 30.6 Å². The van der Waals surface area contributed by atoms with E-state index in [2.05, 4.69) is 34.5 Å². The van der Waals surface area contributed by atoms with Crippen LogP contribution in [0.1, 0.15) is 28.8 Å². The Morgan fingerprint density at radius 3 is 2.55 bits per heavy atom. The lowest BCUT2D eigenvalue weighted by molar-refractivity contribution is 0.0706. The van der Waals surface area contributed by atoms with Gasteiger partial charge in [-0.15, -0.1) is 0 Å². The summed E-state index contributed by atoms with van der Waals surface area (Å²) in [5, 5.41) is 14.6. The van der Waals surface area contributed by atoms with Crippen molar-refractivity contribution >= 4 is 22.8 Å². The normalized spacial score (nSPS) is 14.5. The maximum absolute atomic E-state index is 11.6. The molecule has 0 aromatic heterocycles. The van der Waals surface area contributed by atoms with E-state index in [4.69, 9.17) is 9.94 Å². The van der Waals surface area contributed by atoms with E-state index in [1.54, 1.807) is 17.6 Å². The number of benzene rings is 3. The van der Waals surface area contributed by atoms with E-state index >= 15 is 0 Å². The molecule has 0 unspecified atom stereocenters. The number of amides is 1. The Bertz CT molecular complexity index is 1080. The second-order valence-corrected chi connectivity index (χ2v) is 8.36. The Hall–Kier alpha value is -3.19. The predicted octanol–water partition coefficient (Wildman–Crippen LogP) is 4.11. The fraction of sp³-hybridized carbons (Fsp3) is 0.296. The molecule has 0 bridgehead atoms. The summed E-state index contributed by atoms with van der Waals surface area (Å²) in [6, 6.07) is 21.4. The largest absolute Gasteiger partial charge is 0.489 e. The summed E-state index contributed by atoms with van der Waals surface area (Å²) in [5.74, 6) is 0.347. The number of carbonyl (C=O) groups is 1. The molecule has 3 N–H and O–H groups in total. The summed E-state index contributed by atoms with van der Waals surface area (Å²) < 4.78 is 6.25. The first-order valence-corrected chi connectivity index (χ1v) is 11.5. The highest BCUT2D eigenvalue weighted by Crippen LogP contribution is 2.25. The highest BCUT2D eigenvalue weighted by molar-refractivity contribution is 5.93. The molecule has 3 aromatic carbocycles. The minimum Gasteiger partial charge on any atom is -0.489 e. The molecule has 0 aliphatic carbocycles. The van der Waals surface area contributed by atoms with Crippen molar-refractivity contribution in [2.75, 3.05) is 39.3 Å². The first-order valence-electron chi connectivity index (χ1n) is 11.5. The molecule has 33 heavy (non-hydrogen) atoms. The Balaban J connectivity index is 1.45. The highest BCUT2D eigenvalue weighted by atomic mass is 16.5. The standard InChI is InChI=1S/C27H31N3O3/c31-27(29-32)24-12-10-21(11-13-24)18-22(19-28-14-17-30-15-3-4-16-30)20-33-26-9-5-7-23-6-1-2-8-25(23)26/h1-2,5-13,18,28,32H,3-4,14-17,19-20H2,(H,29,31)/b22-18-. The number of nitrogens with one attached hydrogen (secondary N) is 2. The van der Waals surface area contributed by atoms with Crippen LogP contribution in [0.2, 0.25) is 0 Å². The number of hydroxylamine groups is 1. The van der Waals surface area contributed by atoms with Crippen molar-refractivity contribution in [1.82, 2.24) is 15.7 Å². The number of likely N-dealkylation sites (tertiary alicyclic amines) is 1. The van der Waals surface area contributed by atoms with Gasteiger partial charge in [0.15, 0.2) is 0 Å². The summed E-state index contributed by atoms with van der Waals surface area (Å²) in [5.41, 5.74) is 4.16. The van der Waals surface area contributed by atoms with Crippen LogP contribution in [0.25, 0.3) is 16.8 Å². The lowest BCUT2D eigenvalue weighted by atomic mass is 10.1. The fourth-order valence-electron chi connectivity index (χ4n) is 4.16. The molecule has 0 saturated carbocycles. The Kier molecular flexibility index (Phi) is 8.09. The third-order valence-corrected chi connectivity index (χ3v) is 5.96. The molecule has 0 spiro atoms. The van der Waals surface area contributed by atoms with Crippen LogP contribution in [-0.2, 0) is 0 Å². The molecular formula is C27H31N3O3. The summed E-state index contributed by atoms with van der Waals surface area (Å²) in [4.78, 5) is 14.1. The van der Waals surface area contributed by atoms with Crippen molar-refractivity contribution in [2.24, 2.45) is 0 Å². The predicted molar refractivity (Wildman–Crippen MR) is 132 cm³/mol. The van der Waals surface area contributed by atoms with Gasteiger partial charge in [0.2, 0.25) is 0 Å². The van der Waals surface area contributed by atoms with E-state index in [1.165, 1.54) is 25.9 Å². The van der Waals surface area contributed by atoms with Gasteiger partial charge >= 0.3 is 0 Å². The smallest absolute Gasteiger partial charge is 0.274 e. The van der Waals surface area contributed by atoms with Crippen LogP contribution in [0.15, 0.2) is 72.3 Å². The van der Waals surface area contributed by atoms with Crippen molar-refractivity contribution in [2.45, 2.75) is 12.8 Å². The minimum absolute atomic E-state index is 0.409. The van der Waals surface area contributed by atoms with E-state index in [9.17, 15) is 4.79 Å². The number of ether oxygens (including phenoxy) is 1. The van der Waals surface area contributed by atoms with Gasteiger partial charge in [-0.3, -0.25) is 10.0 Å². The maximum atomic E-state index is 11.6. The highest BCUT2D eigenvalue weighted by Gasteiger charge is 2.11. The van der Waals surface area contributed by atoms with Crippen molar-refractivity contribution in [3.63, 3.8) is 0 Å².